The van der Waals surface area contributed by atoms with Crippen LogP contribution in [0.2, 0.25) is 0 Å². The van der Waals surface area contributed by atoms with Crippen molar-refractivity contribution < 1.29 is 23.8 Å². The molecule has 0 radical (unpaired) electrons. The predicted molar refractivity (Wildman–Crippen MR) is 83.9 cm³/mol. The summed E-state index contributed by atoms with van der Waals surface area (Å²) in [6.45, 7) is 2.22. The summed E-state index contributed by atoms with van der Waals surface area (Å²) in [6.07, 6.45) is 3.47. The van der Waals surface area contributed by atoms with Crippen molar-refractivity contribution in [1.82, 2.24) is 0 Å². The first-order valence-electron chi connectivity index (χ1n) is 6.78. The molecular formula is C16H21NO5. The minimum atomic E-state index is -0.481. The first kappa shape index (κ1) is 17.7. The van der Waals surface area contributed by atoms with Crippen molar-refractivity contribution in [2.75, 3.05) is 34.0 Å². The molecule has 1 aromatic rings. The molecule has 22 heavy (non-hydrogen) atoms. The average molecular weight is 307 g/mol. The summed E-state index contributed by atoms with van der Waals surface area (Å²) in [6, 6.07) is 7.62. The summed E-state index contributed by atoms with van der Waals surface area (Å²) in [5, 5.41) is 3.72. The van der Waals surface area contributed by atoms with E-state index in [0.717, 1.165) is 16.9 Å². The number of carbonyl (C=O) groups excluding carboxylic acids is 1. The number of allylic oxidation sites excluding steroid dienone is 1. The second-order valence-corrected chi connectivity index (χ2v) is 4.38. The summed E-state index contributed by atoms with van der Waals surface area (Å²) in [4.78, 5) is 16.1. The van der Waals surface area contributed by atoms with Crippen LogP contribution < -0.4 is 4.74 Å². The van der Waals surface area contributed by atoms with Gasteiger partial charge in [-0.25, -0.2) is 4.79 Å². The van der Waals surface area contributed by atoms with Crippen LogP contribution in [0.1, 0.15) is 12.5 Å². The SMILES string of the molecule is COCCOC(=O)CO/N=C/C(C)=C/c1ccc(OC)cc1. The lowest BCUT2D eigenvalue weighted by Crippen LogP contribution is -2.14. The van der Waals surface area contributed by atoms with Crippen LogP contribution in [-0.4, -0.2) is 46.2 Å². The zero-order valence-electron chi connectivity index (χ0n) is 13.1. The van der Waals surface area contributed by atoms with Crippen LogP contribution in [0.4, 0.5) is 0 Å². The van der Waals surface area contributed by atoms with Gasteiger partial charge in [0.1, 0.15) is 12.4 Å². The summed E-state index contributed by atoms with van der Waals surface area (Å²) in [5.41, 5.74) is 1.90. The van der Waals surface area contributed by atoms with E-state index in [2.05, 4.69) is 5.16 Å². The second-order valence-electron chi connectivity index (χ2n) is 4.38. The van der Waals surface area contributed by atoms with Gasteiger partial charge < -0.3 is 19.0 Å². The smallest absolute Gasteiger partial charge is 0.347 e. The topological polar surface area (TPSA) is 66.4 Å². The molecule has 0 N–H and O–H groups in total. The summed E-state index contributed by atoms with van der Waals surface area (Å²) in [7, 11) is 3.16. The lowest BCUT2D eigenvalue weighted by molar-refractivity contribution is -0.150. The maximum Gasteiger partial charge on any atom is 0.347 e. The molecule has 0 aromatic heterocycles. The largest absolute Gasteiger partial charge is 0.497 e. The molecule has 1 aromatic carbocycles. The van der Waals surface area contributed by atoms with E-state index in [9.17, 15) is 4.79 Å². The van der Waals surface area contributed by atoms with Gasteiger partial charge in [-0.1, -0.05) is 23.4 Å². The molecule has 0 spiro atoms. The van der Waals surface area contributed by atoms with Gasteiger partial charge in [0.15, 0.2) is 0 Å². The molecule has 0 unspecified atom stereocenters. The first-order valence-corrected chi connectivity index (χ1v) is 6.78. The van der Waals surface area contributed by atoms with Crippen molar-refractivity contribution in [2.45, 2.75) is 6.92 Å². The van der Waals surface area contributed by atoms with Crippen molar-refractivity contribution in [2.24, 2.45) is 5.16 Å². The Morgan fingerprint density at radius 3 is 2.55 bits per heavy atom. The number of ether oxygens (including phenoxy) is 3. The van der Waals surface area contributed by atoms with E-state index in [1.165, 1.54) is 13.3 Å². The van der Waals surface area contributed by atoms with Crippen molar-refractivity contribution in [3.05, 3.63) is 35.4 Å². The quantitative estimate of drug-likeness (QED) is 0.303. The molecule has 6 nitrogen and oxygen atoms in total. The minimum Gasteiger partial charge on any atom is -0.497 e. The number of nitrogens with zero attached hydrogens (tertiary/aromatic N) is 1. The highest BCUT2D eigenvalue weighted by atomic mass is 16.7. The number of benzene rings is 1. The van der Waals surface area contributed by atoms with E-state index in [0.29, 0.717) is 6.61 Å². The zero-order chi connectivity index (χ0) is 16.2. The monoisotopic (exact) mass is 307 g/mol. The molecule has 0 fully saturated rings. The molecule has 0 aliphatic heterocycles. The third-order valence-corrected chi connectivity index (χ3v) is 2.57. The van der Waals surface area contributed by atoms with Gasteiger partial charge in [-0.15, -0.1) is 0 Å². The Labute approximate surface area is 130 Å². The predicted octanol–water partition coefficient (Wildman–Crippen LogP) is 2.29. The fraction of sp³-hybridized carbons (Fsp3) is 0.375. The van der Waals surface area contributed by atoms with Crippen LogP contribution in [0.25, 0.3) is 6.08 Å². The van der Waals surface area contributed by atoms with E-state index in [1.54, 1.807) is 7.11 Å². The highest BCUT2D eigenvalue weighted by molar-refractivity contribution is 5.84. The summed E-state index contributed by atoms with van der Waals surface area (Å²) < 4.78 is 14.7. The number of hydrogen-bond donors (Lipinski definition) is 0. The Hall–Kier alpha value is -2.34. The minimum absolute atomic E-state index is 0.207. The number of rotatable bonds is 9. The lowest BCUT2D eigenvalue weighted by atomic mass is 10.1. The van der Waals surface area contributed by atoms with E-state index in [-0.39, 0.29) is 13.2 Å². The second kappa shape index (κ2) is 10.4. The van der Waals surface area contributed by atoms with Crippen LogP contribution in [0, 0.1) is 0 Å². The number of hydrogen-bond acceptors (Lipinski definition) is 6. The number of esters is 1. The Morgan fingerprint density at radius 2 is 1.91 bits per heavy atom. The van der Waals surface area contributed by atoms with Crippen molar-refractivity contribution in [1.29, 1.82) is 0 Å². The van der Waals surface area contributed by atoms with Gasteiger partial charge in [0.25, 0.3) is 0 Å². The van der Waals surface area contributed by atoms with Gasteiger partial charge in [0.05, 0.1) is 19.9 Å². The molecule has 0 aliphatic carbocycles. The normalized spacial score (nSPS) is 11.5. The Balaban J connectivity index is 2.35. The van der Waals surface area contributed by atoms with Crippen LogP contribution >= 0.6 is 0 Å². The van der Waals surface area contributed by atoms with Crippen molar-refractivity contribution in [3.63, 3.8) is 0 Å². The fourth-order valence-corrected chi connectivity index (χ4v) is 1.49. The van der Waals surface area contributed by atoms with Crippen LogP contribution in [0.5, 0.6) is 5.75 Å². The fourth-order valence-electron chi connectivity index (χ4n) is 1.49. The van der Waals surface area contributed by atoms with Gasteiger partial charge in [-0.2, -0.15) is 0 Å². The van der Waals surface area contributed by atoms with Gasteiger partial charge in [0, 0.05) is 7.11 Å². The molecule has 0 saturated carbocycles. The van der Waals surface area contributed by atoms with Gasteiger partial charge >= 0.3 is 5.97 Å². The molecular weight excluding hydrogens is 286 g/mol. The molecule has 1 rings (SSSR count). The number of methoxy groups -OCH3 is 2. The van der Waals surface area contributed by atoms with Crippen molar-refractivity contribution in [3.8, 4) is 5.75 Å². The molecule has 0 bridgehead atoms. The van der Waals surface area contributed by atoms with E-state index < -0.39 is 5.97 Å². The highest BCUT2D eigenvalue weighted by Gasteiger charge is 2.01. The Bertz CT molecular complexity index is 508. The van der Waals surface area contributed by atoms with Gasteiger partial charge in [-0.05, 0) is 30.2 Å². The van der Waals surface area contributed by atoms with Crippen LogP contribution in [0.15, 0.2) is 35.0 Å². The lowest BCUT2D eigenvalue weighted by Gasteiger charge is -2.02. The molecule has 0 heterocycles. The van der Waals surface area contributed by atoms with E-state index in [1.807, 2.05) is 37.3 Å². The molecule has 0 atom stereocenters. The third-order valence-electron chi connectivity index (χ3n) is 2.57. The number of oxime groups is 1. The van der Waals surface area contributed by atoms with Crippen molar-refractivity contribution >= 4 is 18.3 Å². The highest BCUT2D eigenvalue weighted by Crippen LogP contribution is 2.13. The molecule has 0 saturated heterocycles. The zero-order valence-corrected chi connectivity index (χ0v) is 13.1. The molecule has 0 aliphatic rings. The van der Waals surface area contributed by atoms with Gasteiger partial charge in [-0.3, -0.25) is 0 Å². The average Bonchev–Trinajstić information content (AvgIpc) is 2.52. The Kier molecular flexibility index (Phi) is 8.37. The third kappa shape index (κ3) is 7.44. The summed E-state index contributed by atoms with van der Waals surface area (Å²) >= 11 is 0. The standard InChI is InChI=1S/C16H21NO5/c1-13(10-14-4-6-15(20-3)7-5-14)11-17-22-12-16(18)21-9-8-19-2/h4-7,10-11H,8-9,12H2,1-3H3/b13-10+,17-11+. The maximum atomic E-state index is 11.2. The van der Waals surface area contributed by atoms with Crippen LogP contribution in [0.3, 0.4) is 0 Å². The van der Waals surface area contributed by atoms with E-state index in [4.69, 9.17) is 19.0 Å². The van der Waals surface area contributed by atoms with E-state index >= 15 is 0 Å². The van der Waals surface area contributed by atoms with Crippen LogP contribution in [-0.2, 0) is 19.1 Å². The number of carbonyl (C=O) groups is 1. The molecule has 120 valence electrons. The van der Waals surface area contributed by atoms with Gasteiger partial charge in [0.2, 0.25) is 6.61 Å². The first-order chi connectivity index (χ1) is 10.7. The Morgan fingerprint density at radius 1 is 1.18 bits per heavy atom. The molecule has 0 amide bonds. The molecule has 6 heteroatoms. The summed E-state index contributed by atoms with van der Waals surface area (Å²) in [5.74, 6) is 0.324. The maximum absolute atomic E-state index is 11.2.